The zero-order chi connectivity index (χ0) is 15.5. The molecule has 0 aliphatic carbocycles. The van der Waals surface area contributed by atoms with Gasteiger partial charge in [0.05, 0.1) is 17.0 Å². The normalized spacial score (nSPS) is 10.6. The fourth-order valence-electron chi connectivity index (χ4n) is 2.03. The Morgan fingerprint density at radius 1 is 1.23 bits per heavy atom. The van der Waals surface area contributed by atoms with Gasteiger partial charge in [-0.2, -0.15) is 0 Å². The summed E-state index contributed by atoms with van der Waals surface area (Å²) in [7, 11) is 0. The Morgan fingerprint density at radius 3 is 2.77 bits per heavy atom. The lowest BCUT2D eigenvalue weighted by atomic mass is 10.2. The molecular weight excluding hydrogens is 322 g/mol. The summed E-state index contributed by atoms with van der Waals surface area (Å²) in [6.45, 7) is 0.360. The molecule has 3 rings (SSSR count). The Labute approximate surface area is 137 Å². The number of carbonyl (C=O) groups excluding carboxylic acids is 1. The maximum atomic E-state index is 12.2. The third-order valence-corrected chi connectivity index (χ3v) is 3.72. The summed E-state index contributed by atoms with van der Waals surface area (Å²) in [5.74, 6) is 0.276. The molecule has 2 aromatic carbocycles. The average Bonchev–Trinajstić information content (AvgIpc) is 2.92. The van der Waals surface area contributed by atoms with E-state index in [2.05, 4.69) is 23.3 Å². The molecule has 0 saturated heterocycles. The van der Waals surface area contributed by atoms with Gasteiger partial charge in [-0.15, -0.1) is 0 Å². The van der Waals surface area contributed by atoms with Crippen LogP contribution in [0, 0.1) is 0 Å². The number of fused-ring (bicyclic) bond motifs is 1. The van der Waals surface area contributed by atoms with Crippen LogP contribution in [0.4, 0.5) is 10.6 Å². The zero-order valence-corrected chi connectivity index (χ0v) is 13.0. The van der Waals surface area contributed by atoms with Gasteiger partial charge < -0.3 is 4.52 Å². The van der Waals surface area contributed by atoms with Crippen LogP contribution in [0.2, 0.25) is 5.02 Å². The maximum absolute atomic E-state index is 12.2. The van der Waals surface area contributed by atoms with Crippen LogP contribution in [0.15, 0.2) is 53.1 Å². The molecule has 0 unspecified atom stereocenters. The molecule has 7 heteroatoms. The molecule has 1 heterocycles. The van der Waals surface area contributed by atoms with E-state index >= 15 is 0 Å². The van der Waals surface area contributed by atoms with Crippen molar-refractivity contribution in [2.24, 2.45) is 0 Å². The van der Waals surface area contributed by atoms with Crippen LogP contribution >= 0.6 is 24.4 Å². The van der Waals surface area contributed by atoms with Gasteiger partial charge in [-0.25, -0.2) is 4.79 Å². The number of anilines is 1. The summed E-state index contributed by atoms with van der Waals surface area (Å²) in [4.78, 5) is 12.2. The van der Waals surface area contributed by atoms with E-state index in [1.165, 1.54) is 4.31 Å². The van der Waals surface area contributed by atoms with Crippen LogP contribution in [-0.2, 0) is 6.54 Å². The Bertz CT molecular complexity index is 807. The third-order valence-electron chi connectivity index (χ3n) is 3.08. The Hall–Kier alpha value is -2.18. The number of urea groups is 1. The quantitative estimate of drug-likeness (QED) is 0.700. The number of aromatic nitrogens is 1. The molecule has 0 fully saturated rings. The highest BCUT2D eigenvalue weighted by molar-refractivity contribution is 7.78. The van der Waals surface area contributed by atoms with E-state index in [0.29, 0.717) is 22.5 Å². The van der Waals surface area contributed by atoms with E-state index in [9.17, 15) is 4.79 Å². The van der Waals surface area contributed by atoms with Gasteiger partial charge in [0, 0.05) is 0 Å². The highest BCUT2D eigenvalue weighted by Gasteiger charge is 2.17. The highest BCUT2D eigenvalue weighted by Crippen LogP contribution is 2.30. The fraction of sp³-hybridized carbons (Fsp3) is 0.0667. The van der Waals surface area contributed by atoms with Gasteiger partial charge in [0.15, 0.2) is 11.4 Å². The molecule has 2 amide bonds. The SMILES string of the molecule is O=C(Nc1noc2cccc(Cl)c12)N(S)Cc1ccccc1. The molecule has 0 bridgehead atoms. The van der Waals surface area contributed by atoms with Gasteiger partial charge in [-0.3, -0.25) is 9.62 Å². The van der Waals surface area contributed by atoms with Crippen molar-refractivity contribution in [2.75, 3.05) is 5.32 Å². The van der Waals surface area contributed by atoms with E-state index in [-0.39, 0.29) is 5.82 Å². The van der Waals surface area contributed by atoms with Crippen LogP contribution < -0.4 is 5.32 Å². The number of hydrogen-bond donors (Lipinski definition) is 2. The molecule has 0 spiro atoms. The summed E-state index contributed by atoms with van der Waals surface area (Å²) in [5.41, 5.74) is 1.48. The zero-order valence-electron chi connectivity index (χ0n) is 11.4. The third kappa shape index (κ3) is 3.03. The van der Waals surface area contributed by atoms with Crippen LogP contribution in [0.1, 0.15) is 5.56 Å². The van der Waals surface area contributed by atoms with Gasteiger partial charge in [0.1, 0.15) is 0 Å². The number of rotatable bonds is 3. The maximum Gasteiger partial charge on any atom is 0.333 e. The molecule has 0 aliphatic heterocycles. The number of thiol groups is 1. The van der Waals surface area contributed by atoms with Gasteiger partial charge >= 0.3 is 6.03 Å². The molecule has 22 heavy (non-hydrogen) atoms. The van der Waals surface area contributed by atoms with Crippen molar-refractivity contribution in [3.8, 4) is 0 Å². The number of nitrogens with one attached hydrogen (secondary N) is 1. The largest absolute Gasteiger partial charge is 0.354 e. The van der Waals surface area contributed by atoms with Crippen molar-refractivity contribution >= 4 is 47.2 Å². The van der Waals surface area contributed by atoms with Gasteiger partial charge in [0.25, 0.3) is 0 Å². The minimum absolute atomic E-state index is 0.276. The first-order valence-electron chi connectivity index (χ1n) is 6.50. The van der Waals surface area contributed by atoms with E-state index in [1.807, 2.05) is 30.3 Å². The minimum atomic E-state index is -0.415. The topological polar surface area (TPSA) is 58.4 Å². The summed E-state index contributed by atoms with van der Waals surface area (Å²) in [5, 5.41) is 7.51. The summed E-state index contributed by atoms with van der Waals surface area (Å²) < 4.78 is 6.39. The lowest BCUT2D eigenvalue weighted by Crippen LogP contribution is -2.26. The number of benzene rings is 2. The number of nitrogens with zero attached hydrogens (tertiary/aromatic N) is 2. The molecule has 0 saturated carbocycles. The number of amides is 2. The summed E-state index contributed by atoms with van der Waals surface area (Å²) >= 11 is 10.3. The lowest BCUT2D eigenvalue weighted by Gasteiger charge is -2.15. The van der Waals surface area contributed by atoms with Crippen LogP contribution in [0.3, 0.4) is 0 Å². The molecule has 0 radical (unpaired) electrons. The smallest absolute Gasteiger partial charge is 0.333 e. The molecule has 0 aliphatic rings. The van der Waals surface area contributed by atoms with Crippen LogP contribution in [0.25, 0.3) is 11.0 Å². The second-order valence-corrected chi connectivity index (χ2v) is 5.51. The molecule has 0 atom stereocenters. The molecule has 1 aromatic heterocycles. The molecular formula is C15H12ClN3O2S. The lowest BCUT2D eigenvalue weighted by molar-refractivity contribution is 0.238. The number of halogens is 1. The fourth-order valence-corrected chi connectivity index (χ4v) is 2.50. The van der Waals surface area contributed by atoms with Gasteiger partial charge in [-0.05, 0) is 17.7 Å². The number of carbonyl (C=O) groups is 1. The van der Waals surface area contributed by atoms with Crippen molar-refractivity contribution < 1.29 is 9.32 Å². The van der Waals surface area contributed by atoms with E-state index in [4.69, 9.17) is 16.1 Å². The first kappa shape index (κ1) is 14.7. The minimum Gasteiger partial charge on any atom is -0.354 e. The second-order valence-electron chi connectivity index (χ2n) is 4.62. The van der Waals surface area contributed by atoms with E-state index in [0.717, 1.165) is 5.56 Å². The van der Waals surface area contributed by atoms with E-state index < -0.39 is 6.03 Å². The first-order valence-corrected chi connectivity index (χ1v) is 7.28. The Kier molecular flexibility index (Phi) is 4.22. The van der Waals surface area contributed by atoms with Crippen molar-refractivity contribution in [1.82, 2.24) is 9.46 Å². The van der Waals surface area contributed by atoms with Crippen LogP contribution in [-0.4, -0.2) is 15.5 Å². The summed E-state index contributed by atoms with van der Waals surface area (Å²) in [6, 6.07) is 14.3. The first-order chi connectivity index (χ1) is 10.6. The van der Waals surface area contributed by atoms with Crippen molar-refractivity contribution in [3.63, 3.8) is 0 Å². The standard InChI is InChI=1S/C15H12ClN3O2S/c16-11-7-4-8-12-13(11)14(18-21-12)17-15(20)19(22)9-10-5-2-1-3-6-10/h1-8,22H,9H2,(H,17,18,20). The predicted octanol–water partition coefficient (Wildman–Crippen LogP) is 4.36. The Balaban J connectivity index is 1.75. The molecule has 1 N–H and O–H groups in total. The molecule has 3 aromatic rings. The highest BCUT2D eigenvalue weighted by atomic mass is 35.5. The van der Waals surface area contributed by atoms with E-state index in [1.54, 1.807) is 18.2 Å². The van der Waals surface area contributed by atoms with Gasteiger partial charge in [0.2, 0.25) is 0 Å². The van der Waals surface area contributed by atoms with Crippen molar-refractivity contribution in [3.05, 3.63) is 59.1 Å². The Morgan fingerprint density at radius 2 is 2.00 bits per heavy atom. The predicted molar refractivity (Wildman–Crippen MR) is 89.0 cm³/mol. The summed E-state index contributed by atoms with van der Waals surface area (Å²) in [6.07, 6.45) is 0. The van der Waals surface area contributed by atoms with Crippen molar-refractivity contribution in [2.45, 2.75) is 6.54 Å². The second kappa shape index (κ2) is 6.29. The monoisotopic (exact) mass is 333 g/mol. The molecule has 112 valence electrons. The number of hydrogen-bond acceptors (Lipinski definition) is 4. The molecule has 5 nitrogen and oxygen atoms in total. The van der Waals surface area contributed by atoms with Gasteiger partial charge in [-0.1, -0.05) is 66.0 Å². The van der Waals surface area contributed by atoms with Crippen LogP contribution in [0.5, 0.6) is 0 Å². The van der Waals surface area contributed by atoms with Crippen molar-refractivity contribution in [1.29, 1.82) is 0 Å². The average molecular weight is 334 g/mol.